The minimum absolute atomic E-state index is 0.131. The van der Waals surface area contributed by atoms with Gasteiger partial charge >= 0.3 is 5.63 Å². The van der Waals surface area contributed by atoms with E-state index in [1.165, 1.54) is 6.07 Å². The van der Waals surface area contributed by atoms with Crippen molar-refractivity contribution in [2.45, 2.75) is 19.8 Å². The molecule has 2 aromatic heterocycles. The Morgan fingerprint density at radius 3 is 2.92 bits per heavy atom. The molecule has 2 heterocycles. The molecule has 0 spiro atoms. The van der Waals surface area contributed by atoms with Crippen molar-refractivity contribution in [3.63, 3.8) is 0 Å². The highest BCUT2D eigenvalue weighted by molar-refractivity contribution is 5.87. The molecule has 0 aliphatic carbocycles. The molecule has 0 bridgehead atoms. The predicted molar refractivity (Wildman–Crippen MR) is 89.7 cm³/mol. The molecule has 0 aliphatic rings. The Morgan fingerprint density at radius 1 is 1.25 bits per heavy atom. The molecule has 0 atom stereocenters. The van der Waals surface area contributed by atoms with Gasteiger partial charge in [0.1, 0.15) is 5.58 Å². The summed E-state index contributed by atoms with van der Waals surface area (Å²) in [5, 5.41) is 3.62. The fourth-order valence-corrected chi connectivity index (χ4v) is 2.51. The number of aromatic nitrogens is 2. The molecule has 24 heavy (non-hydrogen) atoms. The number of carbonyl (C=O) groups is 1. The van der Waals surface area contributed by atoms with Crippen LogP contribution in [0.1, 0.15) is 16.8 Å². The van der Waals surface area contributed by atoms with E-state index in [0.717, 1.165) is 16.6 Å². The van der Waals surface area contributed by atoms with Gasteiger partial charge in [-0.1, -0.05) is 12.1 Å². The molecule has 0 aliphatic heterocycles. The fraction of sp³-hybridized carbons (Fsp3) is 0.222. The molecule has 6 nitrogen and oxygen atoms in total. The Balaban J connectivity index is 1.68. The molecule has 1 aromatic carbocycles. The molecule has 0 saturated heterocycles. The molecular formula is C18H17N3O3. The summed E-state index contributed by atoms with van der Waals surface area (Å²) in [6, 6.07) is 6.97. The Morgan fingerprint density at radius 2 is 2.12 bits per heavy atom. The van der Waals surface area contributed by atoms with Crippen LogP contribution < -0.4 is 10.9 Å². The minimum atomic E-state index is -0.449. The number of carbonyl (C=O) groups excluding carboxylic acids is 1. The van der Waals surface area contributed by atoms with Gasteiger partial charge in [0.2, 0.25) is 5.91 Å². The zero-order valence-corrected chi connectivity index (χ0v) is 13.3. The van der Waals surface area contributed by atoms with E-state index in [1.807, 2.05) is 19.1 Å². The number of amides is 1. The first kappa shape index (κ1) is 15.9. The van der Waals surface area contributed by atoms with Crippen LogP contribution in [0.2, 0.25) is 0 Å². The number of nitrogens with zero attached hydrogens (tertiary/aromatic N) is 2. The van der Waals surface area contributed by atoms with Gasteiger partial charge in [-0.2, -0.15) is 0 Å². The second-order valence-electron chi connectivity index (χ2n) is 5.56. The number of hydrogen-bond acceptors (Lipinski definition) is 5. The van der Waals surface area contributed by atoms with E-state index >= 15 is 0 Å². The normalized spacial score (nSPS) is 10.7. The van der Waals surface area contributed by atoms with Crippen LogP contribution in [0.4, 0.5) is 0 Å². The van der Waals surface area contributed by atoms with Crippen molar-refractivity contribution < 1.29 is 9.21 Å². The molecule has 3 rings (SSSR count). The molecule has 1 amide bonds. The third kappa shape index (κ3) is 3.84. The molecule has 3 aromatic rings. The largest absolute Gasteiger partial charge is 0.423 e. The maximum atomic E-state index is 12.1. The topological polar surface area (TPSA) is 85.1 Å². The summed E-state index contributed by atoms with van der Waals surface area (Å²) in [6.45, 7) is 2.39. The first-order valence-corrected chi connectivity index (χ1v) is 7.67. The molecule has 0 unspecified atom stereocenters. The third-order valence-corrected chi connectivity index (χ3v) is 3.66. The molecule has 122 valence electrons. The van der Waals surface area contributed by atoms with Crippen molar-refractivity contribution in [3.8, 4) is 0 Å². The zero-order valence-electron chi connectivity index (χ0n) is 13.3. The minimum Gasteiger partial charge on any atom is -0.423 e. The van der Waals surface area contributed by atoms with Gasteiger partial charge in [-0.15, -0.1) is 0 Å². The first-order chi connectivity index (χ1) is 11.6. The van der Waals surface area contributed by atoms with Crippen LogP contribution in [0.25, 0.3) is 11.0 Å². The van der Waals surface area contributed by atoms with E-state index in [4.69, 9.17) is 4.42 Å². The van der Waals surface area contributed by atoms with E-state index in [2.05, 4.69) is 15.3 Å². The van der Waals surface area contributed by atoms with Crippen molar-refractivity contribution in [2.24, 2.45) is 0 Å². The highest BCUT2D eigenvalue weighted by Crippen LogP contribution is 2.18. The monoisotopic (exact) mass is 323 g/mol. The summed E-state index contributed by atoms with van der Waals surface area (Å²) in [5.41, 5.74) is 2.54. The maximum Gasteiger partial charge on any atom is 0.336 e. The van der Waals surface area contributed by atoms with E-state index < -0.39 is 5.63 Å². The average molecular weight is 323 g/mol. The van der Waals surface area contributed by atoms with Crippen molar-refractivity contribution in [1.29, 1.82) is 0 Å². The van der Waals surface area contributed by atoms with Gasteiger partial charge in [-0.25, -0.2) is 4.79 Å². The second-order valence-corrected chi connectivity index (χ2v) is 5.56. The van der Waals surface area contributed by atoms with Crippen molar-refractivity contribution in [3.05, 3.63) is 70.1 Å². The number of hydrogen-bond donors (Lipinski definition) is 1. The highest BCUT2D eigenvalue weighted by Gasteiger charge is 2.10. The summed E-state index contributed by atoms with van der Waals surface area (Å²) in [7, 11) is 0. The maximum absolute atomic E-state index is 12.1. The van der Waals surface area contributed by atoms with Gasteiger partial charge in [0.05, 0.1) is 12.1 Å². The highest BCUT2D eigenvalue weighted by atomic mass is 16.4. The van der Waals surface area contributed by atoms with Crippen molar-refractivity contribution >= 4 is 16.9 Å². The lowest BCUT2D eigenvalue weighted by molar-refractivity contribution is -0.120. The van der Waals surface area contributed by atoms with Crippen LogP contribution >= 0.6 is 0 Å². The standard InChI is InChI=1S/C18H17N3O3/c1-12-2-3-15-13(10-18(23)24-16(15)8-12)9-17(22)21-5-4-14-11-19-6-7-20-14/h2-3,6-8,10-11H,4-5,9H2,1H3,(H,21,22). The summed E-state index contributed by atoms with van der Waals surface area (Å²) >= 11 is 0. The van der Waals surface area contributed by atoms with E-state index in [-0.39, 0.29) is 12.3 Å². The predicted octanol–water partition coefficient (Wildman–Crippen LogP) is 1.79. The van der Waals surface area contributed by atoms with E-state index in [1.54, 1.807) is 24.7 Å². The van der Waals surface area contributed by atoms with Crippen LogP contribution in [0, 0.1) is 6.92 Å². The van der Waals surface area contributed by atoms with E-state index in [9.17, 15) is 9.59 Å². The molecule has 0 radical (unpaired) electrons. The summed E-state index contributed by atoms with van der Waals surface area (Å²) in [4.78, 5) is 32.0. The lowest BCUT2D eigenvalue weighted by Gasteiger charge is -2.07. The van der Waals surface area contributed by atoms with Gasteiger partial charge in [0.15, 0.2) is 0 Å². The summed E-state index contributed by atoms with van der Waals surface area (Å²) in [6.07, 6.45) is 5.64. The van der Waals surface area contributed by atoms with Crippen molar-refractivity contribution in [1.82, 2.24) is 15.3 Å². The molecule has 0 fully saturated rings. The van der Waals surface area contributed by atoms with Crippen molar-refractivity contribution in [2.75, 3.05) is 6.54 Å². The van der Waals surface area contributed by atoms with Gasteiger partial charge < -0.3 is 9.73 Å². The van der Waals surface area contributed by atoms with Crippen LogP contribution in [-0.2, 0) is 17.6 Å². The first-order valence-electron chi connectivity index (χ1n) is 7.67. The Bertz CT molecular complexity index is 920. The number of rotatable bonds is 5. The SMILES string of the molecule is Cc1ccc2c(CC(=O)NCCc3cnccn3)cc(=O)oc2c1. The lowest BCUT2D eigenvalue weighted by atomic mass is 10.1. The molecular weight excluding hydrogens is 306 g/mol. The summed E-state index contributed by atoms with van der Waals surface area (Å²) < 4.78 is 5.20. The number of nitrogens with one attached hydrogen (secondary N) is 1. The molecule has 6 heteroatoms. The van der Waals surface area contributed by atoms with Crippen LogP contribution in [0.5, 0.6) is 0 Å². The lowest BCUT2D eigenvalue weighted by Crippen LogP contribution is -2.27. The van der Waals surface area contributed by atoms with Crippen LogP contribution in [-0.4, -0.2) is 22.4 Å². The van der Waals surface area contributed by atoms with E-state index in [0.29, 0.717) is 24.1 Å². The zero-order chi connectivity index (χ0) is 16.9. The van der Waals surface area contributed by atoms with Gasteiger partial charge in [0.25, 0.3) is 0 Å². The Hall–Kier alpha value is -3.02. The quantitative estimate of drug-likeness (QED) is 0.724. The van der Waals surface area contributed by atoms with Crippen LogP contribution in [0.15, 0.2) is 52.1 Å². The summed E-state index contributed by atoms with van der Waals surface area (Å²) in [5.74, 6) is -0.147. The number of benzene rings is 1. The third-order valence-electron chi connectivity index (χ3n) is 3.66. The number of fused-ring (bicyclic) bond motifs is 1. The Labute approximate surface area is 138 Å². The fourth-order valence-electron chi connectivity index (χ4n) is 2.51. The van der Waals surface area contributed by atoms with Gasteiger partial charge in [0, 0.05) is 43.0 Å². The molecule has 1 N–H and O–H groups in total. The Kier molecular flexibility index (Phi) is 4.65. The second kappa shape index (κ2) is 7.04. The molecule has 0 saturated carbocycles. The van der Waals surface area contributed by atoms with Gasteiger partial charge in [-0.3, -0.25) is 14.8 Å². The number of aryl methyl sites for hydroxylation is 1. The van der Waals surface area contributed by atoms with Gasteiger partial charge in [-0.05, 0) is 24.1 Å². The average Bonchev–Trinajstić information content (AvgIpc) is 2.55. The smallest absolute Gasteiger partial charge is 0.336 e. The van der Waals surface area contributed by atoms with Crippen LogP contribution in [0.3, 0.4) is 0 Å².